The van der Waals surface area contributed by atoms with Gasteiger partial charge >= 0.3 is 5.97 Å². The number of nitrogens with zero attached hydrogens (tertiary/aromatic N) is 1. The summed E-state index contributed by atoms with van der Waals surface area (Å²) < 4.78 is 9.69. The molecule has 0 aliphatic rings. The Kier molecular flexibility index (Phi) is 4.44. The smallest absolute Gasteiger partial charge is 0.379 e. The van der Waals surface area contributed by atoms with Crippen molar-refractivity contribution in [3.8, 4) is 11.8 Å². The van der Waals surface area contributed by atoms with Crippen molar-refractivity contribution < 1.29 is 19.1 Å². The number of ketones is 1. The normalized spacial score (nSPS) is 9.44. The molecule has 0 saturated heterocycles. The van der Waals surface area contributed by atoms with Crippen LogP contribution in [0.5, 0.6) is 5.75 Å². The predicted octanol–water partition coefficient (Wildman–Crippen LogP) is 1.62. The van der Waals surface area contributed by atoms with Crippen molar-refractivity contribution in [3.05, 3.63) is 28.8 Å². The Morgan fingerprint density at radius 3 is 2.56 bits per heavy atom. The number of rotatable bonds is 4. The fraction of sp³-hybridized carbons (Fsp3) is 0.308. The first kappa shape index (κ1) is 13.7. The molecule has 0 fully saturated rings. The number of aryl methyl sites for hydroxylation is 1. The molecule has 0 aromatic heterocycles. The van der Waals surface area contributed by atoms with E-state index in [0.717, 1.165) is 0 Å². The number of carbonyl (C=O) groups excluding carboxylic acids is 2. The lowest BCUT2D eigenvalue weighted by molar-refractivity contribution is -0.137. The number of nitriles is 1. The van der Waals surface area contributed by atoms with E-state index in [4.69, 9.17) is 10.00 Å². The fourth-order valence-electron chi connectivity index (χ4n) is 1.57. The van der Waals surface area contributed by atoms with E-state index >= 15 is 0 Å². The van der Waals surface area contributed by atoms with Crippen LogP contribution in [-0.4, -0.2) is 25.5 Å². The minimum absolute atomic E-state index is 0.128. The topological polar surface area (TPSA) is 76.4 Å². The summed E-state index contributed by atoms with van der Waals surface area (Å²) in [5.41, 5.74) is 0.956. The molecule has 0 saturated carbocycles. The quantitative estimate of drug-likeness (QED) is 0.459. The Morgan fingerprint density at radius 2 is 2.06 bits per heavy atom. The zero-order chi connectivity index (χ0) is 13.7. The summed E-state index contributed by atoms with van der Waals surface area (Å²) in [6.45, 7) is 3.44. The van der Waals surface area contributed by atoms with Crippen molar-refractivity contribution in [1.29, 1.82) is 5.26 Å². The Morgan fingerprint density at radius 1 is 1.39 bits per heavy atom. The summed E-state index contributed by atoms with van der Waals surface area (Å²) in [4.78, 5) is 23.1. The molecule has 1 aromatic carbocycles. The number of hydrogen-bond donors (Lipinski definition) is 0. The summed E-state index contributed by atoms with van der Waals surface area (Å²) in [6, 6.07) is 4.75. The second-order valence-electron chi connectivity index (χ2n) is 3.54. The minimum atomic E-state index is -0.925. The van der Waals surface area contributed by atoms with Gasteiger partial charge in [0.25, 0.3) is 5.78 Å². The lowest BCUT2D eigenvalue weighted by Gasteiger charge is -2.08. The highest BCUT2D eigenvalue weighted by Crippen LogP contribution is 2.24. The molecule has 5 nitrogen and oxygen atoms in total. The van der Waals surface area contributed by atoms with Gasteiger partial charge in [0, 0.05) is 5.56 Å². The molecule has 0 atom stereocenters. The van der Waals surface area contributed by atoms with Crippen LogP contribution >= 0.6 is 0 Å². The number of ether oxygens (including phenoxy) is 2. The van der Waals surface area contributed by atoms with Crippen molar-refractivity contribution in [2.45, 2.75) is 13.8 Å². The highest BCUT2D eigenvalue weighted by Gasteiger charge is 2.20. The number of benzene rings is 1. The van der Waals surface area contributed by atoms with Crippen molar-refractivity contribution in [2.75, 3.05) is 13.7 Å². The number of hydrogen-bond acceptors (Lipinski definition) is 5. The molecule has 0 spiro atoms. The van der Waals surface area contributed by atoms with E-state index in [2.05, 4.69) is 4.74 Å². The van der Waals surface area contributed by atoms with E-state index in [1.807, 2.05) is 6.07 Å². The van der Waals surface area contributed by atoms with Gasteiger partial charge in [-0.15, -0.1) is 0 Å². The summed E-state index contributed by atoms with van der Waals surface area (Å²) >= 11 is 0. The van der Waals surface area contributed by atoms with E-state index in [1.54, 1.807) is 13.8 Å². The van der Waals surface area contributed by atoms with Gasteiger partial charge in [0.15, 0.2) is 0 Å². The summed E-state index contributed by atoms with van der Waals surface area (Å²) in [5, 5.41) is 8.96. The average molecular weight is 247 g/mol. The molecule has 1 rings (SSSR count). The van der Waals surface area contributed by atoms with Gasteiger partial charge in [-0.2, -0.15) is 5.26 Å². The predicted molar refractivity (Wildman–Crippen MR) is 63.4 cm³/mol. The molecule has 0 unspecified atom stereocenters. The van der Waals surface area contributed by atoms with Gasteiger partial charge in [0.05, 0.1) is 19.3 Å². The Balaban J connectivity index is 3.21. The SMILES string of the molecule is CCOC(=O)C(=O)c1cc(C)c(OC)c(C#N)c1. The fourth-order valence-corrected chi connectivity index (χ4v) is 1.57. The van der Waals surface area contributed by atoms with Crippen LogP contribution in [0.4, 0.5) is 0 Å². The van der Waals surface area contributed by atoms with Crippen LogP contribution in [0, 0.1) is 18.3 Å². The van der Waals surface area contributed by atoms with Crippen molar-refractivity contribution >= 4 is 11.8 Å². The lowest BCUT2D eigenvalue weighted by atomic mass is 10.0. The van der Waals surface area contributed by atoms with Crippen LogP contribution in [0.15, 0.2) is 12.1 Å². The maximum absolute atomic E-state index is 11.7. The van der Waals surface area contributed by atoms with Gasteiger partial charge in [-0.3, -0.25) is 4.79 Å². The van der Waals surface area contributed by atoms with E-state index in [-0.39, 0.29) is 17.7 Å². The standard InChI is InChI=1S/C13H13NO4/c1-4-18-13(16)11(15)9-5-8(2)12(17-3)10(6-9)7-14/h5-6H,4H2,1-3H3. The second kappa shape index (κ2) is 5.82. The molecule has 0 aliphatic heterocycles. The van der Waals surface area contributed by atoms with E-state index in [0.29, 0.717) is 11.3 Å². The maximum Gasteiger partial charge on any atom is 0.379 e. The van der Waals surface area contributed by atoms with E-state index in [1.165, 1.54) is 19.2 Å². The first-order valence-corrected chi connectivity index (χ1v) is 5.35. The largest absolute Gasteiger partial charge is 0.495 e. The summed E-state index contributed by atoms with van der Waals surface area (Å²) in [5.74, 6) is -1.29. The van der Waals surface area contributed by atoms with Crippen molar-refractivity contribution in [1.82, 2.24) is 0 Å². The highest BCUT2D eigenvalue weighted by molar-refractivity contribution is 6.40. The van der Waals surface area contributed by atoms with Crippen LogP contribution in [0.3, 0.4) is 0 Å². The molecule has 0 N–H and O–H groups in total. The van der Waals surface area contributed by atoms with E-state index in [9.17, 15) is 9.59 Å². The molecular weight excluding hydrogens is 234 g/mol. The minimum Gasteiger partial charge on any atom is -0.495 e. The lowest BCUT2D eigenvalue weighted by Crippen LogP contribution is -2.18. The zero-order valence-electron chi connectivity index (χ0n) is 10.4. The Hall–Kier alpha value is -2.35. The van der Waals surface area contributed by atoms with Crippen LogP contribution in [0.1, 0.15) is 28.4 Å². The molecule has 0 bridgehead atoms. The van der Waals surface area contributed by atoms with Crippen molar-refractivity contribution in [2.24, 2.45) is 0 Å². The molecule has 0 amide bonds. The molecule has 0 aliphatic carbocycles. The van der Waals surface area contributed by atoms with Crippen LogP contribution in [-0.2, 0) is 9.53 Å². The third-order valence-corrected chi connectivity index (χ3v) is 2.32. The molecule has 1 aromatic rings. The molecular formula is C13H13NO4. The molecule has 0 heterocycles. The van der Waals surface area contributed by atoms with Crippen LogP contribution < -0.4 is 4.74 Å². The van der Waals surface area contributed by atoms with Gasteiger partial charge in [0.2, 0.25) is 0 Å². The molecule has 5 heteroatoms. The van der Waals surface area contributed by atoms with Gasteiger partial charge in [-0.25, -0.2) is 4.79 Å². The summed E-state index contributed by atoms with van der Waals surface area (Å²) in [7, 11) is 1.44. The third kappa shape index (κ3) is 2.66. The van der Waals surface area contributed by atoms with Gasteiger partial charge in [0.1, 0.15) is 11.8 Å². The molecule has 0 radical (unpaired) electrons. The first-order chi connectivity index (χ1) is 8.54. The van der Waals surface area contributed by atoms with Crippen molar-refractivity contribution in [3.63, 3.8) is 0 Å². The first-order valence-electron chi connectivity index (χ1n) is 5.35. The van der Waals surface area contributed by atoms with Crippen LogP contribution in [0.25, 0.3) is 0 Å². The van der Waals surface area contributed by atoms with Gasteiger partial charge in [-0.05, 0) is 31.5 Å². The summed E-state index contributed by atoms with van der Waals surface area (Å²) in [6.07, 6.45) is 0. The van der Waals surface area contributed by atoms with E-state index < -0.39 is 11.8 Å². The number of Topliss-reactive ketones (excluding diaryl/α,β-unsaturated/α-hetero) is 1. The Bertz CT molecular complexity index is 529. The number of carbonyl (C=O) groups is 2. The van der Waals surface area contributed by atoms with Gasteiger partial charge < -0.3 is 9.47 Å². The number of methoxy groups -OCH3 is 1. The highest BCUT2D eigenvalue weighted by atomic mass is 16.5. The molecule has 94 valence electrons. The maximum atomic E-state index is 11.7. The Labute approximate surface area is 105 Å². The number of esters is 1. The monoisotopic (exact) mass is 247 g/mol. The van der Waals surface area contributed by atoms with Crippen LogP contribution in [0.2, 0.25) is 0 Å². The zero-order valence-corrected chi connectivity index (χ0v) is 10.4. The van der Waals surface area contributed by atoms with Gasteiger partial charge in [-0.1, -0.05) is 0 Å². The molecule has 18 heavy (non-hydrogen) atoms. The second-order valence-corrected chi connectivity index (χ2v) is 3.54. The average Bonchev–Trinajstić information content (AvgIpc) is 2.36. The third-order valence-electron chi connectivity index (χ3n) is 2.32.